The third-order valence-electron chi connectivity index (χ3n) is 4.22. The molecule has 0 spiro atoms. The highest BCUT2D eigenvalue weighted by molar-refractivity contribution is 9.10. The van der Waals surface area contributed by atoms with E-state index in [4.69, 9.17) is 0 Å². The molecule has 3 unspecified atom stereocenters. The summed E-state index contributed by atoms with van der Waals surface area (Å²) >= 11 is 3.39. The number of hydrogen-bond donors (Lipinski definition) is 0. The smallest absolute Gasteiger partial charge is 0.207 e. The first-order chi connectivity index (χ1) is 9.23. The van der Waals surface area contributed by atoms with Crippen LogP contribution in [0.25, 0.3) is 0 Å². The molecule has 1 fully saturated rings. The van der Waals surface area contributed by atoms with Gasteiger partial charge in [-0.1, -0.05) is 19.9 Å². The van der Waals surface area contributed by atoms with Gasteiger partial charge >= 0.3 is 0 Å². The number of sulfonamides is 1. The van der Waals surface area contributed by atoms with E-state index in [0.29, 0.717) is 27.7 Å². The fourth-order valence-electron chi connectivity index (χ4n) is 2.92. The van der Waals surface area contributed by atoms with Crippen molar-refractivity contribution in [2.24, 2.45) is 11.8 Å². The van der Waals surface area contributed by atoms with Gasteiger partial charge in [0.1, 0.15) is 0 Å². The number of nitrogens with zero attached hydrogens (tertiary/aromatic N) is 1. The normalized spacial score (nSPS) is 28.6. The first kappa shape index (κ1) is 16.0. The Morgan fingerprint density at radius 2 is 1.90 bits per heavy atom. The second-order valence-corrected chi connectivity index (χ2v) is 8.78. The zero-order valence-corrected chi connectivity index (χ0v) is 14.8. The van der Waals surface area contributed by atoms with Crippen LogP contribution in [-0.2, 0) is 10.0 Å². The number of halogens is 1. The second kappa shape index (κ2) is 5.78. The van der Waals surface area contributed by atoms with E-state index in [1.54, 1.807) is 10.4 Å². The van der Waals surface area contributed by atoms with Gasteiger partial charge in [0.25, 0.3) is 0 Å². The summed E-state index contributed by atoms with van der Waals surface area (Å²) < 4.78 is 28.2. The molecule has 1 saturated heterocycles. The Bertz CT molecular complexity index is 600. The maximum Gasteiger partial charge on any atom is 0.244 e. The van der Waals surface area contributed by atoms with E-state index in [0.717, 1.165) is 12.0 Å². The van der Waals surface area contributed by atoms with Gasteiger partial charge in [0.05, 0.1) is 4.90 Å². The molecule has 0 saturated carbocycles. The van der Waals surface area contributed by atoms with Gasteiger partial charge in [0.15, 0.2) is 0 Å². The lowest BCUT2D eigenvalue weighted by Gasteiger charge is -2.40. The fraction of sp³-hybridized carbons (Fsp3) is 0.600. The minimum absolute atomic E-state index is 0.0457. The average molecular weight is 360 g/mol. The van der Waals surface area contributed by atoms with E-state index in [9.17, 15) is 8.42 Å². The van der Waals surface area contributed by atoms with Gasteiger partial charge in [-0.05, 0) is 65.7 Å². The van der Waals surface area contributed by atoms with E-state index >= 15 is 0 Å². The van der Waals surface area contributed by atoms with E-state index in [1.807, 2.05) is 26.0 Å². The Hall–Kier alpha value is -0.390. The van der Waals surface area contributed by atoms with Gasteiger partial charge in [-0.3, -0.25) is 0 Å². The molecule has 0 bridgehead atoms. The summed E-state index contributed by atoms with van der Waals surface area (Å²) in [4.78, 5) is 0.372. The summed E-state index contributed by atoms with van der Waals surface area (Å²) in [5.74, 6) is 0.790. The summed E-state index contributed by atoms with van der Waals surface area (Å²) in [5.41, 5.74) is 1.05. The molecule has 20 heavy (non-hydrogen) atoms. The Morgan fingerprint density at radius 1 is 1.25 bits per heavy atom. The SMILES string of the molecule is Cc1ccc(S(=O)(=O)N2CC(C)CC(C)C2C)c(Br)c1. The van der Waals surface area contributed by atoms with E-state index < -0.39 is 10.0 Å². The maximum atomic E-state index is 12.9. The predicted octanol–water partition coefficient (Wildman–Crippen LogP) is 3.81. The van der Waals surface area contributed by atoms with Gasteiger partial charge in [-0.15, -0.1) is 0 Å². The molecule has 0 radical (unpaired) electrons. The molecular formula is C15H22BrNO2S. The maximum absolute atomic E-state index is 12.9. The summed E-state index contributed by atoms with van der Waals surface area (Å²) in [5, 5.41) is 0. The van der Waals surface area contributed by atoms with Crippen LogP contribution < -0.4 is 0 Å². The number of aryl methyl sites for hydroxylation is 1. The second-order valence-electron chi connectivity index (χ2n) is 6.07. The minimum atomic E-state index is -3.44. The topological polar surface area (TPSA) is 37.4 Å². The van der Waals surface area contributed by atoms with Crippen molar-refractivity contribution in [3.05, 3.63) is 28.2 Å². The molecule has 0 aliphatic carbocycles. The van der Waals surface area contributed by atoms with Crippen LogP contribution in [0.5, 0.6) is 0 Å². The molecule has 1 heterocycles. The molecule has 1 aromatic carbocycles. The van der Waals surface area contributed by atoms with Crippen molar-refractivity contribution >= 4 is 26.0 Å². The number of rotatable bonds is 2. The van der Waals surface area contributed by atoms with Crippen molar-refractivity contribution < 1.29 is 8.42 Å². The van der Waals surface area contributed by atoms with Gasteiger partial charge in [0, 0.05) is 17.1 Å². The Labute approximate surface area is 130 Å². The van der Waals surface area contributed by atoms with Crippen LogP contribution >= 0.6 is 15.9 Å². The molecular weight excluding hydrogens is 338 g/mol. The molecule has 1 aliphatic heterocycles. The van der Waals surface area contributed by atoms with Crippen molar-refractivity contribution in [3.63, 3.8) is 0 Å². The minimum Gasteiger partial charge on any atom is -0.207 e. The van der Waals surface area contributed by atoms with Gasteiger partial charge in [0.2, 0.25) is 10.0 Å². The fourth-order valence-corrected chi connectivity index (χ4v) is 5.92. The first-order valence-corrected chi connectivity index (χ1v) is 9.24. The highest BCUT2D eigenvalue weighted by atomic mass is 79.9. The van der Waals surface area contributed by atoms with Crippen LogP contribution in [0.2, 0.25) is 0 Å². The molecule has 0 aromatic heterocycles. The molecule has 0 amide bonds. The molecule has 1 aromatic rings. The molecule has 3 atom stereocenters. The molecule has 0 N–H and O–H groups in total. The van der Waals surface area contributed by atoms with Crippen LogP contribution in [0.3, 0.4) is 0 Å². The van der Waals surface area contributed by atoms with Crippen LogP contribution in [-0.4, -0.2) is 25.3 Å². The Kier molecular flexibility index (Phi) is 4.62. The molecule has 1 aliphatic rings. The van der Waals surface area contributed by atoms with Crippen molar-refractivity contribution in [3.8, 4) is 0 Å². The largest absolute Gasteiger partial charge is 0.244 e. The summed E-state index contributed by atoms with van der Waals surface area (Å²) in [6, 6.07) is 5.45. The van der Waals surface area contributed by atoms with Crippen molar-refractivity contribution in [1.82, 2.24) is 4.31 Å². The van der Waals surface area contributed by atoms with Gasteiger partial charge in [-0.2, -0.15) is 4.31 Å². The zero-order chi connectivity index (χ0) is 15.1. The summed E-state index contributed by atoms with van der Waals surface area (Å²) in [7, 11) is -3.44. The van der Waals surface area contributed by atoms with Crippen molar-refractivity contribution in [2.75, 3.05) is 6.54 Å². The average Bonchev–Trinajstić information content (AvgIpc) is 2.33. The van der Waals surface area contributed by atoms with Crippen LogP contribution in [0.4, 0.5) is 0 Å². The Morgan fingerprint density at radius 3 is 2.50 bits per heavy atom. The highest BCUT2D eigenvalue weighted by Crippen LogP contribution is 2.34. The molecule has 3 nitrogen and oxygen atoms in total. The van der Waals surface area contributed by atoms with Crippen LogP contribution in [0.1, 0.15) is 32.8 Å². The highest BCUT2D eigenvalue weighted by Gasteiger charge is 2.37. The van der Waals surface area contributed by atoms with E-state index in [-0.39, 0.29) is 6.04 Å². The molecule has 2 rings (SSSR count). The third kappa shape index (κ3) is 2.95. The number of hydrogen-bond acceptors (Lipinski definition) is 2. The Balaban J connectivity index is 2.43. The number of piperidine rings is 1. The molecule has 5 heteroatoms. The van der Waals surface area contributed by atoms with E-state index in [2.05, 4.69) is 29.8 Å². The lowest BCUT2D eigenvalue weighted by molar-refractivity contribution is 0.157. The van der Waals surface area contributed by atoms with Gasteiger partial charge in [-0.25, -0.2) is 8.42 Å². The standard InChI is InChI=1S/C15H22BrNO2S/c1-10-5-6-15(14(16)8-10)20(18,19)17-9-11(2)7-12(3)13(17)4/h5-6,8,11-13H,7,9H2,1-4H3. The summed E-state index contributed by atoms with van der Waals surface area (Å²) in [6.07, 6.45) is 1.09. The van der Waals surface area contributed by atoms with Crippen LogP contribution in [0, 0.1) is 18.8 Å². The van der Waals surface area contributed by atoms with Crippen LogP contribution in [0.15, 0.2) is 27.6 Å². The monoisotopic (exact) mass is 359 g/mol. The number of benzene rings is 1. The summed E-state index contributed by atoms with van der Waals surface area (Å²) in [6.45, 7) is 8.82. The third-order valence-corrected chi connectivity index (χ3v) is 7.15. The van der Waals surface area contributed by atoms with Gasteiger partial charge < -0.3 is 0 Å². The van der Waals surface area contributed by atoms with E-state index in [1.165, 1.54) is 0 Å². The van der Waals surface area contributed by atoms with Crippen molar-refractivity contribution in [1.29, 1.82) is 0 Å². The lowest BCUT2D eigenvalue weighted by atomic mass is 9.88. The predicted molar refractivity (Wildman–Crippen MR) is 85.2 cm³/mol. The quantitative estimate of drug-likeness (QED) is 0.804. The lowest BCUT2D eigenvalue weighted by Crippen LogP contribution is -2.48. The zero-order valence-electron chi connectivity index (χ0n) is 12.4. The van der Waals surface area contributed by atoms with Crippen molar-refractivity contribution in [2.45, 2.75) is 45.1 Å². The molecule has 112 valence electrons. The first-order valence-electron chi connectivity index (χ1n) is 7.01.